The van der Waals surface area contributed by atoms with E-state index in [9.17, 15) is 4.79 Å². The molecule has 0 saturated heterocycles. The maximum Gasteiger partial charge on any atom is 0.314 e. The van der Waals surface area contributed by atoms with Gasteiger partial charge in [0.15, 0.2) is 0 Å². The van der Waals surface area contributed by atoms with Gasteiger partial charge in [-0.15, -0.1) is 0 Å². The monoisotopic (exact) mass is 185 g/mol. The Morgan fingerprint density at radius 3 is 2.85 bits per heavy atom. The summed E-state index contributed by atoms with van der Waals surface area (Å²) in [6.07, 6.45) is 3.25. The van der Waals surface area contributed by atoms with E-state index >= 15 is 0 Å². The van der Waals surface area contributed by atoms with Crippen LogP contribution in [-0.4, -0.2) is 25.2 Å². The zero-order valence-electron chi connectivity index (χ0n) is 8.18. The summed E-state index contributed by atoms with van der Waals surface area (Å²) in [7, 11) is 0. The Kier molecular flexibility index (Phi) is 4.02. The van der Waals surface area contributed by atoms with Crippen molar-refractivity contribution in [3.05, 3.63) is 0 Å². The molecule has 4 nitrogen and oxygen atoms in total. The van der Waals surface area contributed by atoms with Crippen LogP contribution >= 0.6 is 0 Å². The minimum atomic E-state index is -0.0508. The molecule has 2 amide bonds. The summed E-state index contributed by atoms with van der Waals surface area (Å²) in [5, 5.41) is 5.66. The second-order valence-corrected chi connectivity index (χ2v) is 3.62. The molecule has 13 heavy (non-hydrogen) atoms. The summed E-state index contributed by atoms with van der Waals surface area (Å²) in [4.78, 5) is 11.1. The fourth-order valence-electron chi connectivity index (χ4n) is 1.82. The quantitative estimate of drug-likeness (QED) is 0.597. The maximum atomic E-state index is 11.1. The number of hydrogen-bond acceptors (Lipinski definition) is 2. The molecule has 0 heterocycles. The van der Waals surface area contributed by atoms with Crippen molar-refractivity contribution < 1.29 is 4.79 Å². The number of rotatable bonds is 3. The van der Waals surface area contributed by atoms with E-state index in [1.54, 1.807) is 0 Å². The van der Waals surface area contributed by atoms with Gasteiger partial charge < -0.3 is 16.4 Å². The second kappa shape index (κ2) is 5.07. The third kappa shape index (κ3) is 3.22. The Morgan fingerprint density at radius 2 is 2.31 bits per heavy atom. The van der Waals surface area contributed by atoms with Crippen LogP contribution in [0.5, 0.6) is 0 Å². The Hall–Kier alpha value is -0.770. The Bertz CT molecular complexity index is 172. The van der Waals surface area contributed by atoms with Gasteiger partial charge in [0.25, 0.3) is 0 Å². The van der Waals surface area contributed by atoms with Crippen LogP contribution in [0.3, 0.4) is 0 Å². The van der Waals surface area contributed by atoms with Gasteiger partial charge in [0.1, 0.15) is 0 Å². The lowest BCUT2D eigenvalue weighted by Crippen LogP contribution is -2.41. The highest BCUT2D eigenvalue weighted by Crippen LogP contribution is 2.24. The normalized spacial score (nSPS) is 27.2. The zero-order valence-corrected chi connectivity index (χ0v) is 8.18. The van der Waals surface area contributed by atoms with Crippen LogP contribution in [0.15, 0.2) is 0 Å². The summed E-state index contributed by atoms with van der Waals surface area (Å²) >= 11 is 0. The van der Waals surface area contributed by atoms with E-state index < -0.39 is 0 Å². The zero-order chi connectivity index (χ0) is 9.68. The first-order chi connectivity index (χ1) is 6.26. The first-order valence-electron chi connectivity index (χ1n) is 5.00. The summed E-state index contributed by atoms with van der Waals surface area (Å²) in [6.45, 7) is 3.34. The Labute approximate surface area is 79.3 Å². The van der Waals surface area contributed by atoms with Crippen LogP contribution in [0.2, 0.25) is 0 Å². The van der Waals surface area contributed by atoms with Gasteiger partial charge in [0.2, 0.25) is 0 Å². The van der Waals surface area contributed by atoms with Gasteiger partial charge in [-0.1, -0.05) is 0 Å². The highest BCUT2D eigenvalue weighted by molar-refractivity contribution is 5.74. The van der Waals surface area contributed by atoms with Crippen molar-refractivity contribution in [1.82, 2.24) is 10.6 Å². The smallest absolute Gasteiger partial charge is 0.314 e. The molecule has 0 radical (unpaired) electrons. The van der Waals surface area contributed by atoms with Crippen LogP contribution in [0.25, 0.3) is 0 Å². The van der Waals surface area contributed by atoms with Crippen molar-refractivity contribution in [2.24, 2.45) is 11.7 Å². The van der Waals surface area contributed by atoms with Gasteiger partial charge in [-0.3, -0.25) is 0 Å². The molecule has 76 valence electrons. The Morgan fingerprint density at radius 1 is 1.54 bits per heavy atom. The van der Waals surface area contributed by atoms with Crippen molar-refractivity contribution in [3.63, 3.8) is 0 Å². The number of amides is 2. The minimum absolute atomic E-state index is 0.0508. The summed E-state index contributed by atoms with van der Waals surface area (Å²) < 4.78 is 0. The number of carbonyl (C=O) groups excluding carboxylic acids is 1. The molecule has 0 aliphatic heterocycles. The number of nitrogens with two attached hydrogens (primary N) is 1. The lowest BCUT2D eigenvalue weighted by molar-refractivity contribution is 0.237. The minimum Gasteiger partial charge on any atom is -0.338 e. The van der Waals surface area contributed by atoms with Crippen molar-refractivity contribution in [2.75, 3.05) is 13.1 Å². The standard InChI is InChI=1S/C9H19N3O/c1-2-11-9(13)12-8-4-3-7(5-8)6-10/h7-8H,2-6,10H2,1H3,(H2,11,12,13). The van der Waals surface area contributed by atoms with Crippen molar-refractivity contribution in [2.45, 2.75) is 32.2 Å². The molecule has 1 rings (SSSR count). The molecule has 0 aromatic heterocycles. The maximum absolute atomic E-state index is 11.1. The molecule has 2 unspecified atom stereocenters. The average Bonchev–Trinajstić information content (AvgIpc) is 2.52. The van der Waals surface area contributed by atoms with Crippen molar-refractivity contribution in [3.8, 4) is 0 Å². The molecule has 1 saturated carbocycles. The fraction of sp³-hybridized carbons (Fsp3) is 0.889. The lowest BCUT2D eigenvalue weighted by atomic mass is 10.1. The molecule has 1 fully saturated rings. The number of urea groups is 1. The highest BCUT2D eigenvalue weighted by atomic mass is 16.2. The molecule has 2 atom stereocenters. The molecular formula is C9H19N3O. The van der Waals surface area contributed by atoms with E-state index in [-0.39, 0.29) is 6.03 Å². The van der Waals surface area contributed by atoms with Crippen LogP contribution < -0.4 is 16.4 Å². The van der Waals surface area contributed by atoms with E-state index in [0.717, 1.165) is 25.8 Å². The molecule has 1 aliphatic carbocycles. The van der Waals surface area contributed by atoms with E-state index in [0.29, 0.717) is 18.5 Å². The second-order valence-electron chi connectivity index (χ2n) is 3.62. The van der Waals surface area contributed by atoms with Gasteiger partial charge in [-0.05, 0) is 38.6 Å². The van der Waals surface area contributed by atoms with Crippen LogP contribution in [0.4, 0.5) is 4.79 Å². The summed E-state index contributed by atoms with van der Waals surface area (Å²) in [6, 6.07) is 0.283. The molecule has 4 heteroatoms. The third-order valence-corrected chi connectivity index (χ3v) is 2.55. The molecule has 0 aromatic rings. The number of nitrogens with one attached hydrogen (secondary N) is 2. The topological polar surface area (TPSA) is 67.2 Å². The average molecular weight is 185 g/mol. The summed E-state index contributed by atoms with van der Waals surface area (Å²) in [5.41, 5.74) is 5.56. The first kappa shape index (κ1) is 10.3. The molecule has 0 aromatic carbocycles. The van der Waals surface area contributed by atoms with Gasteiger partial charge in [0, 0.05) is 12.6 Å². The molecule has 0 bridgehead atoms. The van der Waals surface area contributed by atoms with Crippen LogP contribution in [0.1, 0.15) is 26.2 Å². The Balaban J connectivity index is 2.19. The van der Waals surface area contributed by atoms with E-state index in [1.807, 2.05) is 6.92 Å². The fourth-order valence-corrected chi connectivity index (χ4v) is 1.82. The molecule has 0 spiro atoms. The van der Waals surface area contributed by atoms with Gasteiger partial charge in [-0.2, -0.15) is 0 Å². The predicted octanol–water partition coefficient (Wildman–Crippen LogP) is 0.433. The third-order valence-electron chi connectivity index (χ3n) is 2.55. The lowest BCUT2D eigenvalue weighted by Gasteiger charge is -2.12. The largest absolute Gasteiger partial charge is 0.338 e. The van der Waals surface area contributed by atoms with Gasteiger partial charge >= 0.3 is 6.03 Å². The van der Waals surface area contributed by atoms with Crippen LogP contribution in [-0.2, 0) is 0 Å². The molecular weight excluding hydrogens is 166 g/mol. The van der Waals surface area contributed by atoms with E-state index in [2.05, 4.69) is 10.6 Å². The number of carbonyl (C=O) groups is 1. The molecule has 4 N–H and O–H groups in total. The summed E-state index contributed by atoms with van der Waals surface area (Å²) in [5.74, 6) is 0.604. The van der Waals surface area contributed by atoms with Crippen molar-refractivity contribution in [1.29, 1.82) is 0 Å². The van der Waals surface area contributed by atoms with Gasteiger partial charge in [0.05, 0.1) is 0 Å². The van der Waals surface area contributed by atoms with Crippen LogP contribution in [0, 0.1) is 5.92 Å². The SMILES string of the molecule is CCNC(=O)NC1CCC(CN)C1. The predicted molar refractivity (Wildman–Crippen MR) is 52.4 cm³/mol. The first-order valence-corrected chi connectivity index (χ1v) is 5.00. The van der Waals surface area contributed by atoms with E-state index in [1.165, 1.54) is 0 Å². The van der Waals surface area contributed by atoms with E-state index in [4.69, 9.17) is 5.73 Å². The van der Waals surface area contributed by atoms with Gasteiger partial charge in [-0.25, -0.2) is 4.79 Å². The number of hydrogen-bond donors (Lipinski definition) is 3. The molecule has 1 aliphatic rings. The van der Waals surface area contributed by atoms with Crippen molar-refractivity contribution >= 4 is 6.03 Å². The highest BCUT2D eigenvalue weighted by Gasteiger charge is 2.24.